The minimum Gasteiger partial charge on any atom is -0.376 e. The standard InChI is InChI=1S/C9H14OS2/c11-6-2-1-5-10-8-9-4-3-7-12-9/h3-4,7,11H,1-2,5-6,8H2. The Labute approximate surface area is 83.2 Å². The fourth-order valence-corrected chi connectivity index (χ4v) is 1.75. The quantitative estimate of drug-likeness (QED) is 0.551. The summed E-state index contributed by atoms with van der Waals surface area (Å²) in [6.45, 7) is 1.63. The number of thiol groups is 1. The Morgan fingerprint density at radius 3 is 3.00 bits per heavy atom. The smallest absolute Gasteiger partial charge is 0.0809 e. The van der Waals surface area contributed by atoms with Crippen LogP contribution in [0.15, 0.2) is 17.5 Å². The Morgan fingerprint density at radius 1 is 1.42 bits per heavy atom. The monoisotopic (exact) mass is 202 g/mol. The molecule has 0 aromatic carbocycles. The van der Waals surface area contributed by atoms with E-state index in [0.29, 0.717) is 0 Å². The summed E-state index contributed by atoms with van der Waals surface area (Å²) in [5.41, 5.74) is 0. The van der Waals surface area contributed by atoms with Gasteiger partial charge in [-0.3, -0.25) is 0 Å². The van der Waals surface area contributed by atoms with Crippen LogP contribution in [0.5, 0.6) is 0 Å². The van der Waals surface area contributed by atoms with Gasteiger partial charge in [0.05, 0.1) is 6.61 Å². The summed E-state index contributed by atoms with van der Waals surface area (Å²) in [6.07, 6.45) is 2.27. The average Bonchev–Trinajstić information content (AvgIpc) is 2.57. The van der Waals surface area contributed by atoms with Crippen LogP contribution in [-0.2, 0) is 11.3 Å². The van der Waals surface area contributed by atoms with Crippen molar-refractivity contribution < 1.29 is 4.74 Å². The zero-order valence-corrected chi connectivity index (χ0v) is 8.74. The van der Waals surface area contributed by atoms with Gasteiger partial charge in [0, 0.05) is 11.5 Å². The van der Waals surface area contributed by atoms with Gasteiger partial charge in [0.25, 0.3) is 0 Å². The Hall–Kier alpha value is 0.01000. The van der Waals surface area contributed by atoms with E-state index in [1.165, 1.54) is 4.88 Å². The first-order valence-electron chi connectivity index (χ1n) is 4.14. The lowest BCUT2D eigenvalue weighted by Gasteiger charge is -2.00. The zero-order chi connectivity index (χ0) is 8.65. The molecule has 0 fully saturated rings. The number of hydrogen-bond acceptors (Lipinski definition) is 3. The molecule has 0 unspecified atom stereocenters. The molecule has 0 amide bonds. The lowest BCUT2D eigenvalue weighted by molar-refractivity contribution is 0.120. The summed E-state index contributed by atoms with van der Waals surface area (Å²) < 4.78 is 5.46. The SMILES string of the molecule is SCCCCOCc1cccs1. The zero-order valence-electron chi connectivity index (χ0n) is 7.03. The molecule has 0 radical (unpaired) electrons. The van der Waals surface area contributed by atoms with Gasteiger partial charge in [0.1, 0.15) is 0 Å². The minimum absolute atomic E-state index is 0.768. The van der Waals surface area contributed by atoms with Crippen LogP contribution in [0, 0.1) is 0 Å². The van der Waals surface area contributed by atoms with E-state index in [9.17, 15) is 0 Å². The second-order valence-electron chi connectivity index (χ2n) is 2.56. The Bertz CT molecular complexity index is 184. The molecule has 0 saturated carbocycles. The lowest BCUT2D eigenvalue weighted by atomic mass is 10.4. The highest BCUT2D eigenvalue weighted by molar-refractivity contribution is 7.80. The molecule has 0 N–H and O–H groups in total. The van der Waals surface area contributed by atoms with Crippen LogP contribution in [0.1, 0.15) is 17.7 Å². The number of rotatable bonds is 6. The summed E-state index contributed by atoms with van der Waals surface area (Å²) >= 11 is 5.88. The van der Waals surface area contributed by atoms with Gasteiger partial charge < -0.3 is 4.74 Å². The van der Waals surface area contributed by atoms with Crippen molar-refractivity contribution in [3.05, 3.63) is 22.4 Å². The highest BCUT2D eigenvalue weighted by atomic mass is 32.1. The molecule has 0 aliphatic heterocycles. The van der Waals surface area contributed by atoms with Gasteiger partial charge in [-0.2, -0.15) is 12.6 Å². The number of unbranched alkanes of at least 4 members (excludes halogenated alkanes) is 1. The van der Waals surface area contributed by atoms with Gasteiger partial charge in [-0.15, -0.1) is 11.3 Å². The van der Waals surface area contributed by atoms with Gasteiger partial charge in [-0.1, -0.05) is 6.07 Å². The average molecular weight is 202 g/mol. The van der Waals surface area contributed by atoms with Crippen LogP contribution in [-0.4, -0.2) is 12.4 Å². The lowest BCUT2D eigenvalue weighted by Crippen LogP contribution is -1.93. The molecule has 0 spiro atoms. The molecule has 1 aromatic rings. The predicted octanol–water partition coefficient (Wildman–Crippen LogP) is 2.97. The molecule has 1 rings (SSSR count). The molecular formula is C9H14OS2. The maximum Gasteiger partial charge on any atom is 0.0809 e. The van der Waals surface area contributed by atoms with E-state index in [-0.39, 0.29) is 0 Å². The Kier molecular flexibility index (Phi) is 5.48. The van der Waals surface area contributed by atoms with Crippen LogP contribution >= 0.6 is 24.0 Å². The van der Waals surface area contributed by atoms with Crippen molar-refractivity contribution >= 4 is 24.0 Å². The highest BCUT2D eigenvalue weighted by Gasteiger charge is 1.92. The van der Waals surface area contributed by atoms with Gasteiger partial charge >= 0.3 is 0 Å². The first-order valence-corrected chi connectivity index (χ1v) is 5.65. The Morgan fingerprint density at radius 2 is 2.33 bits per heavy atom. The fourth-order valence-electron chi connectivity index (χ4n) is 0.883. The summed E-state index contributed by atoms with van der Waals surface area (Å²) in [5.74, 6) is 0.961. The summed E-state index contributed by atoms with van der Waals surface area (Å²) in [6, 6.07) is 4.15. The number of hydrogen-bond donors (Lipinski definition) is 1. The fraction of sp³-hybridized carbons (Fsp3) is 0.556. The number of thiophene rings is 1. The molecule has 0 saturated heterocycles. The first-order chi connectivity index (χ1) is 5.93. The van der Waals surface area contributed by atoms with Crippen molar-refractivity contribution in [2.24, 2.45) is 0 Å². The summed E-state index contributed by atoms with van der Waals surface area (Å²) in [7, 11) is 0. The molecule has 0 aliphatic carbocycles. The second-order valence-corrected chi connectivity index (χ2v) is 4.04. The van der Waals surface area contributed by atoms with Crippen molar-refractivity contribution in [3.63, 3.8) is 0 Å². The summed E-state index contributed by atoms with van der Waals surface area (Å²) in [5, 5.41) is 2.08. The van der Waals surface area contributed by atoms with Crippen molar-refractivity contribution in [1.82, 2.24) is 0 Å². The normalized spacial score (nSPS) is 10.4. The molecule has 12 heavy (non-hydrogen) atoms. The maximum absolute atomic E-state index is 5.46. The third-order valence-corrected chi connectivity index (χ3v) is 2.69. The largest absolute Gasteiger partial charge is 0.376 e. The Balaban J connectivity index is 1.96. The molecule has 1 heterocycles. The van der Waals surface area contributed by atoms with E-state index in [4.69, 9.17) is 4.74 Å². The molecule has 0 atom stereocenters. The van der Waals surface area contributed by atoms with Crippen molar-refractivity contribution in [2.45, 2.75) is 19.4 Å². The van der Waals surface area contributed by atoms with E-state index in [1.807, 2.05) is 0 Å². The van der Waals surface area contributed by atoms with Crippen LogP contribution in [0.3, 0.4) is 0 Å². The highest BCUT2D eigenvalue weighted by Crippen LogP contribution is 2.09. The van der Waals surface area contributed by atoms with Crippen LogP contribution in [0.4, 0.5) is 0 Å². The first kappa shape index (κ1) is 10.1. The van der Waals surface area contributed by atoms with E-state index < -0.39 is 0 Å². The molecule has 0 bridgehead atoms. The molecule has 1 nitrogen and oxygen atoms in total. The van der Waals surface area contributed by atoms with Crippen LogP contribution in [0.25, 0.3) is 0 Å². The third-order valence-electron chi connectivity index (χ3n) is 1.52. The summed E-state index contributed by atoms with van der Waals surface area (Å²) in [4.78, 5) is 1.31. The molecule has 3 heteroatoms. The third kappa shape index (κ3) is 4.14. The van der Waals surface area contributed by atoms with Gasteiger partial charge in [0.15, 0.2) is 0 Å². The van der Waals surface area contributed by atoms with E-state index in [0.717, 1.165) is 31.8 Å². The van der Waals surface area contributed by atoms with Crippen molar-refractivity contribution in [2.75, 3.05) is 12.4 Å². The van der Waals surface area contributed by atoms with E-state index >= 15 is 0 Å². The van der Waals surface area contributed by atoms with E-state index in [2.05, 4.69) is 30.1 Å². The molecule has 1 aromatic heterocycles. The molecular weight excluding hydrogens is 188 g/mol. The van der Waals surface area contributed by atoms with Crippen molar-refractivity contribution in [1.29, 1.82) is 0 Å². The van der Waals surface area contributed by atoms with Gasteiger partial charge in [0.2, 0.25) is 0 Å². The second kappa shape index (κ2) is 6.52. The van der Waals surface area contributed by atoms with Gasteiger partial charge in [-0.05, 0) is 30.0 Å². The topological polar surface area (TPSA) is 9.23 Å². The predicted molar refractivity (Wildman–Crippen MR) is 57.1 cm³/mol. The maximum atomic E-state index is 5.46. The molecule has 68 valence electrons. The number of ether oxygens (including phenoxy) is 1. The van der Waals surface area contributed by atoms with Gasteiger partial charge in [-0.25, -0.2) is 0 Å². The van der Waals surface area contributed by atoms with Crippen LogP contribution < -0.4 is 0 Å². The van der Waals surface area contributed by atoms with E-state index in [1.54, 1.807) is 11.3 Å². The molecule has 0 aliphatic rings. The minimum atomic E-state index is 0.768. The van der Waals surface area contributed by atoms with Crippen LogP contribution in [0.2, 0.25) is 0 Å². The van der Waals surface area contributed by atoms with Crippen molar-refractivity contribution in [3.8, 4) is 0 Å².